The molecule has 0 aliphatic heterocycles. The molecular formula is C21H23Cl2N3O4S2. The van der Waals surface area contributed by atoms with Gasteiger partial charge in [0.1, 0.15) is 6.04 Å². The molecule has 0 aliphatic carbocycles. The molecule has 0 saturated carbocycles. The number of sulfonamides is 1. The van der Waals surface area contributed by atoms with Gasteiger partial charge >= 0.3 is 4.87 Å². The predicted octanol–water partition coefficient (Wildman–Crippen LogP) is 5.13. The van der Waals surface area contributed by atoms with Gasteiger partial charge < -0.3 is 5.32 Å². The van der Waals surface area contributed by atoms with Gasteiger partial charge in [0, 0.05) is 21.8 Å². The third-order valence-corrected chi connectivity index (χ3v) is 7.36. The number of hydrogen-bond donors (Lipinski definition) is 1. The monoisotopic (exact) mass is 515 g/mol. The summed E-state index contributed by atoms with van der Waals surface area (Å²) in [5, 5.41) is 3.29. The number of amides is 1. The maximum absolute atomic E-state index is 13.1. The number of benzene rings is 2. The molecule has 32 heavy (non-hydrogen) atoms. The maximum Gasteiger partial charge on any atom is 0.308 e. The quantitative estimate of drug-likeness (QED) is 0.472. The van der Waals surface area contributed by atoms with Crippen LogP contribution in [-0.2, 0) is 14.8 Å². The SMILES string of the molecule is CCC(C(=O)Nc1ccc2c(c1)sc(=O)n2C(C)C)N(c1cc(Cl)cc(Cl)c1)S(C)(=O)=O. The molecule has 11 heteroatoms. The van der Waals surface area contributed by atoms with Gasteiger partial charge in [0.2, 0.25) is 15.9 Å². The van der Waals surface area contributed by atoms with Crippen LogP contribution >= 0.6 is 34.5 Å². The molecule has 0 bridgehead atoms. The Morgan fingerprint density at radius 3 is 2.31 bits per heavy atom. The molecule has 1 aromatic heterocycles. The van der Waals surface area contributed by atoms with E-state index in [4.69, 9.17) is 23.2 Å². The van der Waals surface area contributed by atoms with Crippen LogP contribution in [0.1, 0.15) is 33.2 Å². The molecule has 1 atom stereocenters. The number of nitrogens with one attached hydrogen (secondary N) is 1. The fourth-order valence-electron chi connectivity index (χ4n) is 3.56. The lowest BCUT2D eigenvalue weighted by molar-refractivity contribution is -0.117. The molecule has 0 fully saturated rings. The van der Waals surface area contributed by atoms with E-state index in [1.807, 2.05) is 13.8 Å². The van der Waals surface area contributed by atoms with Crippen molar-refractivity contribution in [3.63, 3.8) is 0 Å². The largest absolute Gasteiger partial charge is 0.324 e. The van der Waals surface area contributed by atoms with Crippen LogP contribution < -0.4 is 14.5 Å². The van der Waals surface area contributed by atoms with Gasteiger partial charge in [0.25, 0.3) is 0 Å². The van der Waals surface area contributed by atoms with Crippen molar-refractivity contribution in [3.05, 3.63) is 56.1 Å². The number of nitrogens with zero attached hydrogens (tertiary/aromatic N) is 2. The van der Waals surface area contributed by atoms with E-state index < -0.39 is 22.0 Å². The number of carbonyl (C=O) groups excluding carboxylic acids is 1. The molecule has 1 N–H and O–H groups in total. The molecule has 1 heterocycles. The zero-order valence-corrected chi connectivity index (χ0v) is 21.1. The van der Waals surface area contributed by atoms with Gasteiger partial charge in [0.15, 0.2) is 0 Å². The number of aromatic nitrogens is 1. The minimum atomic E-state index is -3.83. The number of fused-ring (bicyclic) bond motifs is 1. The summed E-state index contributed by atoms with van der Waals surface area (Å²) in [6.45, 7) is 5.57. The second-order valence-corrected chi connectivity index (χ2v) is 11.3. The van der Waals surface area contributed by atoms with Gasteiger partial charge in [-0.3, -0.25) is 18.5 Å². The van der Waals surface area contributed by atoms with Crippen molar-refractivity contribution < 1.29 is 13.2 Å². The topological polar surface area (TPSA) is 88.5 Å². The van der Waals surface area contributed by atoms with Crippen molar-refractivity contribution in [2.75, 3.05) is 15.9 Å². The summed E-state index contributed by atoms with van der Waals surface area (Å²) < 4.78 is 28.7. The number of carbonyl (C=O) groups is 1. The number of thiazole rings is 1. The van der Waals surface area contributed by atoms with Crippen molar-refractivity contribution in [1.29, 1.82) is 0 Å². The lowest BCUT2D eigenvalue weighted by atomic mass is 10.1. The van der Waals surface area contributed by atoms with Gasteiger partial charge in [-0.2, -0.15) is 0 Å². The normalized spacial score (nSPS) is 12.8. The predicted molar refractivity (Wildman–Crippen MR) is 133 cm³/mol. The van der Waals surface area contributed by atoms with Crippen LogP contribution in [0.25, 0.3) is 10.2 Å². The molecule has 0 spiro atoms. The van der Waals surface area contributed by atoms with E-state index in [1.165, 1.54) is 18.2 Å². The number of hydrogen-bond acceptors (Lipinski definition) is 5. The Kier molecular flexibility index (Phi) is 7.24. The fourth-order valence-corrected chi connectivity index (χ4v) is 6.32. The van der Waals surface area contributed by atoms with Gasteiger partial charge in [0.05, 0.1) is 22.2 Å². The lowest BCUT2D eigenvalue weighted by Crippen LogP contribution is -2.47. The van der Waals surface area contributed by atoms with Gasteiger partial charge in [-0.15, -0.1) is 0 Å². The van der Waals surface area contributed by atoms with Gasteiger partial charge in [-0.25, -0.2) is 8.42 Å². The van der Waals surface area contributed by atoms with E-state index in [9.17, 15) is 18.0 Å². The summed E-state index contributed by atoms with van der Waals surface area (Å²) in [7, 11) is -3.83. The Hall–Kier alpha value is -2.07. The van der Waals surface area contributed by atoms with Crippen LogP contribution in [0.5, 0.6) is 0 Å². The molecule has 172 valence electrons. The second-order valence-electron chi connectivity index (χ2n) is 7.61. The molecule has 3 aromatic rings. The highest BCUT2D eigenvalue weighted by Crippen LogP contribution is 2.30. The Morgan fingerprint density at radius 1 is 1.16 bits per heavy atom. The Labute approximate surface area is 200 Å². The van der Waals surface area contributed by atoms with Crippen LogP contribution in [0, 0.1) is 0 Å². The highest BCUT2D eigenvalue weighted by atomic mass is 35.5. The van der Waals surface area contributed by atoms with Crippen molar-refractivity contribution in [2.45, 2.75) is 39.3 Å². The first-order valence-electron chi connectivity index (χ1n) is 9.83. The first kappa shape index (κ1) is 24.6. The van der Waals surface area contributed by atoms with Crippen LogP contribution in [0.15, 0.2) is 41.2 Å². The summed E-state index contributed by atoms with van der Waals surface area (Å²) in [5.74, 6) is -0.510. The first-order valence-corrected chi connectivity index (χ1v) is 13.3. The molecule has 0 radical (unpaired) electrons. The van der Waals surface area contributed by atoms with E-state index in [-0.39, 0.29) is 33.1 Å². The van der Waals surface area contributed by atoms with Crippen LogP contribution in [0.2, 0.25) is 10.0 Å². The average Bonchev–Trinajstić information content (AvgIpc) is 2.98. The fraction of sp³-hybridized carbons (Fsp3) is 0.333. The van der Waals surface area contributed by atoms with Crippen LogP contribution in [-0.4, -0.2) is 31.2 Å². The van der Waals surface area contributed by atoms with Crippen LogP contribution in [0.4, 0.5) is 11.4 Å². The highest BCUT2D eigenvalue weighted by Gasteiger charge is 2.32. The molecular weight excluding hydrogens is 493 g/mol. The summed E-state index contributed by atoms with van der Waals surface area (Å²) >= 11 is 13.2. The zero-order valence-electron chi connectivity index (χ0n) is 17.9. The number of halogens is 2. The van der Waals surface area contributed by atoms with Gasteiger partial charge in [-0.1, -0.05) is 41.5 Å². The van der Waals surface area contributed by atoms with E-state index >= 15 is 0 Å². The molecule has 2 aromatic carbocycles. The molecule has 0 saturated heterocycles. The third kappa shape index (κ3) is 5.11. The summed E-state index contributed by atoms with van der Waals surface area (Å²) in [6.07, 6.45) is 1.23. The van der Waals surface area contributed by atoms with Crippen molar-refractivity contribution in [2.24, 2.45) is 0 Å². The first-order chi connectivity index (χ1) is 14.9. The standard InChI is InChI=1S/C21H23Cl2N3O4S2/c1-5-17(26(32(4,29)30)16-9-13(22)8-14(23)10-16)20(27)24-15-6-7-18-19(11-15)31-21(28)25(18)12(2)3/h6-12,17H,5H2,1-4H3,(H,24,27). The minimum Gasteiger partial charge on any atom is -0.324 e. The summed E-state index contributed by atoms with van der Waals surface area (Å²) in [6, 6.07) is 8.53. The third-order valence-electron chi connectivity index (χ3n) is 4.83. The van der Waals surface area contributed by atoms with E-state index in [0.717, 1.165) is 32.1 Å². The summed E-state index contributed by atoms with van der Waals surface area (Å²) in [5.41, 5.74) is 1.46. The second kappa shape index (κ2) is 9.43. The average molecular weight is 516 g/mol. The Bertz CT molecular complexity index is 1310. The Morgan fingerprint density at radius 2 is 1.78 bits per heavy atom. The van der Waals surface area contributed by atoms with Crippen molar-refractivity contribution in [3.8, 4) is 0 Å². The molecule has 1 unspecified atom stereocenters. The van der Waals surface area contributed by atoms with E-state index in [0.29, 0.717) is 5.69 Å². The lowest BCUT2D eigenvalue weighted by Gasteiger charge is -2.30. The van der Waals surface area contributed by atoms with Crippen molar-refractivity contribution in [1.82, 2.24) is 4.57 Å². The van der Waals surface area contributed by atoms with Crippen molar-refractivity contribution >= 4 is 72.1 Å². The van der Waals surface area contributed by atoms with Gasteiger partial charge in [-0.05, 0) is 56.7 Å². The summed E-state index contributed by atoms with van der Waals surface area (Å²) in [4.78, 5) is 25.3. The van der Waals surface area contributed by atoms with E-state index in [2.05, 4.69) is 5.32 Å². The maximum atomic E-state index is 13.1. The highest BCUT2D eigenvalue weighted by molar-refractivity contribution is 7.92. The van der Waals surface area contributed by atoms with E-state index in [1.54, 1.807) is 29.7 Å². The number of anilines is 2. The molecule has 0 aliphatic rings. The van der Waals surface area contributed by atoms with Crippen LogP contribution in [0.3, 0.4) is 0 Å². The molecule has 7 nitrogen and oxygen atoms in total. The zero-order chi connectivity index (χ0) is 23.8. The Balaban J connectivity index is 1.97. The minimum absolute atomic E-state index is 0.00834. The number of rotatable bonds is 7. The molecule has 1 amide bonds. The molecule has 3 rings (SSSR count). The smallest absolute Gasteiger partial charge is 0.308 e.